The van der Waals surface area contributed by atoms with Crippen molar-refractivity contribution in [3.63, 3.8) is 0 Å². The van der Waals surface area contributed by atoms with E-state index >= 15 is 0 Å². The van der Waals surface area contributed by atoms with Gasteiger partial charge in [-0.15, -0.1) is 0 Å². The summed E-state index contributed by atoms with van der Waals surface area (Å²) >= 11 is 0. The number of piperazine rings is 1. The van der Waals surface area contributed by atoms with E-state index in [0.29, 0.717) is 6.54 Å². The number of carbonyl (C=O) groups is 1. The van der Waals surface area contributed by atoms with Gasteiger partial charge in [-0.1, -0.05) is 42.0 Å². The Labute approximate surface area is 198 Å². The van der Waals surface area contributed by atoms with E-state index in [-0.39, 0.29) is 18.2 Å². The second-order valence-corrected chi connectivity index (χ2v) is 10.6. The van der Waals surface area contributed by atoms with Crippen LogP contribution in [0, 0.1) is 6.92 Å². The summed E-state index contributed by atoms with van der Waals surface area (Å²) in [4.78, 5) is 16.8. The molecule has 2 fully saturated rings. The molecule has 5 heteroatoms. The Kier molecular flexibility index (Phi) is 6.99. The second-order valence-electron chi connectivity index (χ2n) is 10.6. The molecule has 2 aromatic carbocycles. The molecule has 1 unspecified atom stereocenters. The van der Waals surface area contributed by atoms with Crippen LogP contribution in [0.3, 0.4) is 0 Å². The number of hydrogen-bond acceptors (Lipinski definition) is 4. The molecule has 0 N–H and O–H groups in total. The van der Waals surface area contributed by atoms with E-state index in [1.165, 1.54) is 29.5 Å². The van der Waals surface area contributed by atoms with Crippen LogP contribution < -0.4 is 4.74 Å². The zero-order valence-electron chi connectivity index (χ0n) is 20.7. The SMILES string of the molecule is Cc1ccc(OC(CN2CCN(C(=O)OC(C)(C)C)[C@H](C)C2)c2ccc(C3CC3)cc2)cc1. The first-order valence-corrected chi connectivity index (χ1v) is 12.2. The molecule has 0 spiro atoms. The van der Waals surface area contributed by atoms with Crippen molar-refractivity contribution in [1.82, 2.24) is 9.80 Å². The van der Waals surface area contributed by atoms with Crippen molar-refractivity contribution in [2.75, 3.05) is 26.2 Å². The number of rotatable bonds is 6. The van der Waals surface area contributed by atoms with Gasteiger partial charge in [-0.25, -0.2) is 4.79 Å². The van der Waals surface area contributed by atoms with E-state index < -0.39 is 5.60 Å². The summed E-state index contributed by atoms with van der Waals surface area (Å²) in [6.45, 7) is 13.0. The van der Waals surface area contributed by atoms with Gasteiger partial charge in [0.15, 0.2) is 0 Å². The van der Waals surface area contributed by atoms with E-state index in [1.54, 1.807) is 0 Å². The highest BCUT2D eigenvalue weighted by molar-refractivity contribution is 5.68. The molecule has 2 atom stereocenters. The van der Waals surface area contributed by atoms with Crippen LogP contribution in [0.15, 0.2) is 48.5 Å². The lowest BCUT2D eigenvalue weighted by Crippen LogP contribution is -2.55. The monoisotopic (exact) mass is 450 g/mol. The summed E-state index contributed by atoms with van der Waals surface area (Å²) in [5, 5.41) is 0. The van der Waals surface area contributed by atoms with Gasteiger partial charge in [0, 0.05) is 32.2 Å². The van der Waals surface area contributed by atoms with Crippen LogP contribution in [0.4, 0.5) is 4.79 Å². The molecule has 0 aromatic heterocycles. The molecule has 1 saturated carbocycles. The lowest BCUT2D eigenvalue weighted by Gasteiger charge is -2.41. The van der Waals surface area contributed by atoms with Crippen LogP contribution in [0.25, 0.3) is 0 Å². The van der Waals surface area contributed by atoms with Crippen molar-refractivity contribution in [3.05, 3.63) is 65.2 Å². The molecular weight excluding hydrogens is 412 g/mol. The first-order chi connectivity index (χ1) is 15.7. The number of hydrogen-bond donors (Lipinski definition) is 0. The van der Waals surface area contributed by atoms with Crippen molar-refractivity contribution in [2.24, 2.45) is 0 Å². The Morgan fingerprint density at radius 1 is 1.03 bits per heavy atom. The summed E-state index contributed by atoms with van der Waals surface area (Å²) in [5.74, 6) is 1.63. The highest BCUT2D eigenvalue weighted by Gasteiger charge is 2.32. The lowest BCUT2D eigenvalue weighted by atomic mass is 10.0. The summed E-state index contributed by atoms with van der Waals surface area (Å²) in [7, 11) is 0. The number of amides is 1. The minimum absolute atomic E-state index is 0.0683. The largest absolute Gasteiger partial charge is 0.484 e. The molecule has 5 nitrogen and oxygen atoms in total. The van der Waals surface area contributed by atoms with Crippen molar-refractivity contribution in [3.8, 4) is 5.75 Å². The normalized spacial score (nSPS) is 20.4. The van der Waals surface area contributed by atoms with E-state index in [4.69, 9.17) is 9.47 Å². The Bertz CT molecular complexity index is 929. The van der Waals surface area contributed by atoms with Crippen molar-refractivity contribution in [1.29, 1.82) is 0 Å². The quantitative estimate of drug-likeness (QED) is 0.547. The smallest absolute Gasteiger partial charge is 0.410 e. The molecule has 1 aliphatic carbocycles. The minimum atomic E-state index is -0.479. The first-order valence-electron chi connectivity index (χ1n) is 12.2. The van der Waals surface area contributed by atoms with Crippen LogP contribution in [0.2, 0.25) is 0 Å². The number of ether oxygens (including phenoxy) is 2. The van der Waals surface area contributed by atoms with Gasteiger partial charge in [-0.05, 0) is 76.6 Å². The van der Waals surface area contributed by atoms with Gasteiger partial charge in [0.05, 0.1) is 0 Å². The van der Waals surface area contributed by atoms with Crippen LogP contribution in [-0.4, -0.2) is 53.7 Å². The van der Waals surface area contributed by atoms with Crippen molar-refractivity contribution < 1.29 is 14.3 Å². The molecule has 4 rings (SSSR count). The predicted molar refractivity (Wildman–Crippen MR) is 132 cm³/mol. The van der Waals surface area contributed by atoms with E-state index in [1.807, 2.05) is 37.8 Å². The minimum Gasteiger partial charge on any atom is -0.484 e. The van der Waals surface area contributed by atoms with Crippen LogP contribution in [-0.2, 0) is 4.74 Å². The maximum Gasteiger partial charge on any atom is 0.410 e. The van der Waals surface area contributed by atoms with Gasteiger partial charge in [0.2, 0.25) is 0 Å². The maximum atomic E-state index is 12.6. The number of benzene rings is 2. The molecule has 33 heavy (non-hydrogen) atoms. The molecule has 1 saturated heterocycles. The summed E-state index contributed by atoms with van der Waals surface area (Å²) in [5.41, 5.74) is 3.38. The lowest BCUT2D eigenvalue weighted by molar-refractivity contribution is -0.00297. The van der Waals surface area contributed by atoms with Gasteiger partial charge in [-0.3, -0.25) is 4.90 Å². The highest BCUT2D eigenvalue weighted by atomic mass is 16.6. The standard InChI is InChI=1S/C28H38N2O3/c1-20-6-14-25(15-7-20)32-26(24-12-10-23(11-13-24)22-8-9-22)19-29-16-17-30(21(2)18-29)27(31)33-28(3,4)5/h6-7,10-15,21-22,26H,8-9,16-19H2,1-5H3/t21-,26?/m1/s1. The molecule has 1 heterocycles. The molecule has 0 bridgehead atoms. The van der Waals surface area contributed by atoms with Crippen LogP contribution in [0.1, 0.15) is 69.2 Å². The average molecular weight is 451 g/mol. The van der Waals surface area contributed by atoms with Gasteiger partial charge >= 0.3 is 6.09 Å². The first kappa shape index (κ1) is 23.6. The summed E-state index contributed by atoms with van der Waals surface area (Å²) in [6.07, 6.45) is 2.32. The Hall–Kier alpha value is -2.53. The third-order valence-electron chi connectivity index (χ3n) is 6.42. The summed E-state index contributed by atoms with van der Waals surface area (Å²) in [6, 6.07) is 17.3. The average Bonchev–Trinajstić information content (AvgIpc) is 3.59. The van der Waals surface area contributed by atoms with E-state index in [0.717, 1.165) is 31.3 Å². The topological polar surface area (TPSA) is 42.0 Å². The van der Waals surface area contributed by atoms with Crippen LogP contribution >= 0.6 is 0 Å². The fraction of sp³-hybridized carbons (Fsp3) is 0.536. The number of nitrogens with zero attached hydrogens (tertiary/aromatic N) is 2. The fourth-order valence-corrected chi connectivity index (χ4v) is 4.42. The molecule has 1 amide bonds. The molecule has 1 aliphatic heterocycles. The number of aryl methyl sites for hydroxylation is 1. The van der Waals surface area contributed by atoms with Gasteiger partial charge in [0.1, 0.15) is 17.5 Å². The van der Waals surface area contributed by atoms with Gasteiger partial charge < -0.3 is 14.4 Å². The van der Waals surface area contributed by atoms with Gasteiger partial charge in [0.25, 0.3) is 0 Å². The summed E-state index contributed by atoms with van der Waals surface area (Å²) < 4.78 is 12.1. The van der Waals surface area contributed by atoms with E-state index in [2.05, 4.69) is 55.1 Å². The van der Waals surface area contributed by atoms with Crippen LogP contribution in [0.5, 0.6) is 5.75 Å². The fourth-order valence-electron chi connectivity index (χ4n) is 4.42. The Morgan fingerprint density at radius 3 is 2.27 bits per heavy atom. The van der Waals surface area contributed by atoms with Gasteiger partial charge in [-0.2, -0.15) is 0 Å². The zero-order chi connectivity index (χ0) is 23.6. The van der Waals surface area contributed by atoms with Crippen molar-refractivity contribution in [2.45, 2.75) is 71.1 Å². The molecule has 2 aliphatic rings. The Balaban J connectivity index is 1.44. The third kappa shape index (κ3) is 6.50. The second kappa shape index (κ2) is 9.76. The molecule has 178 valence electrons. The zero-order valence-corrected chi connectivity index (χ0v) is 20.7. The predicted octanol–water partition coefficient (Wildman–Crippen LogP) is 5.93. The third-order valence-corrected chi connectivity index (χ3v) is 6.42. The molecular formula is C28H38N2O3. The van der Waals surface area contributed by atoms with E-state index in [9.17, 15) is 4.79 Å². The maximum absolute atomic E-state index is 12.6. The molecule has 2 aromatic rings. The highest BCUT2D eigenvalue weighted by Crippen LogP contribution is 2.40. The molecule has 0 radical (unpaired) electrons. The number of carbonyl (C=O) groups excluding carboxylic acids is 1. The van der Waals surface area contributed by atoms with Crippen molar-refractivity contribution >= 4 is 6.09 Å². The Morgan fingerprint density at radius 2 is 1.70 bits per heavy atom.